The lowest BCUT2D eigenvalue weighted by Gasteiger charge is -2.33. The summed E-state index contributed by atoms with van der Waals surface area (Å²) in [7, 11) is 1.75. The van der Waals surface area contributed by atoms with E-state index >= 15 is 0 Å². The van der Waals surface area contributed by atoms with Gasteiger partial charge in [-0.1, -0.05) is 13.8 Å². The maximum Gasteiger partial charge on any atom is 0.293 e. The monoisotopic (exact) mass is 334 g/mol. The standard InChI is InChI=1S/C15H22N6OS/c1-10(2)12-18-15(23-19-12)17-11-5-4-7-21(9-11)13-14(22)20(3)8-6-16-13/h6,8,10-11H,4-5,7,9H2,1-3H3,(H,17,18,19). The minimum absolute atomic E-state index is 0.0499. The fraction of sp³-hybridized carbons (Fsp3) is 0.600. The molecule has 0 spiro atoms. The summed E-state index contributed by atoms with van der Waals surface area (Å²) >= 11 is 1.40. The summed E-state index contributed by atoms with van der Waals surface area (Å²) in [6.45, 7) is 5.79. The molecule has 1 atom stereocenters. The molecule has 3 heterocycles. The van der Waals surface area contributed by atoms with Crippen molar-refractivity contribution in [1.82, 2.24) is 18.9 Å². The highest BCUT2D eigenvalue weighted by atomic mass is 32.1. The first-order valence-electron chi connectivity index (χ1n) is 7.91. The maximum atomic E-state index is 12.2. The number of nitrogens with zero attached hydrogens (tertiary/aromatic N) is 5. The van der Waals surface area contributed by atoms with Gasteiger partial charge in [-0.05, 0) is 12.8 Å². The zero-order valence-electron chi connectivity index (χ0n) is 13.7. The van der Waals surface area contributed by atoms with E-state index in [0.29, 0.717) is 11.7 Å². The van der Waals surface area contributed by atoms with Crippen LogP contribution in [0.4, 0.5) is 10.9 Å². The molecule has 1 N–H and O–H groups in total. The van der Waals surface area contributed by atoms with Crippen LogP contribution in [0.3, 0.4) is 0 Å². The van der Waals surface area contributed by atoms with Gasteiger partial charge in [-0.3, -0.25) is 4.79 Å². The first-order chi connectivity index (χ1) is 11.0. The van der Waals surface area contributed by atoms with Crippen LogP contribution >= 0.6 is 11.5 Å². The van der Waals surface area contributed by atoms with Gasteiger partial charge in [0, 0.05) is 56.0 Å². The lowest BCUT2D eigenvalue weighted by Crippen LogP contribution is -2.45. The Morgan fingerprint density at radius 2 is 2.26 bits per heavy atom. The number of anilines is 2. The topological polar surface area (TPSA) is 75.9 Å². The van der Waals surface area contributed by atoms with Gasteiger partial charge in [-0.2, -0.15) is 4.37 Å². The summed E-state index contributed by atoms with van der Waals surface area (Å²) in [6.07, 6.45) is 5.43. The lowest BCUT2D eigenvalue weighted by molar-refractivity contribution is 0.523. The molecule has 1 aliphatic heterocycles. The Morgan fingerprint density at radius 1 is 1.43 bits per heavy atom. The van der Waals surface area contributed by atoms with Gasteiger partial charge < -0.3 is 14.8 Å². The third-order valence-corrected chi connectivity index (χ3v) is 4.67. The van der Waals surface area contributed by atoms with E-state index in [-0.39, 0.29) is 11.6 Å². The van der Waals surface area contributed by atoms with Crippen LogP contribution in [0.5, 0.6) is 0 Å². The van der Waals surface area contributed by atoms with Crippen LogP contribution in [0.1, 0.15) is 38.4 Å². The van der Waals surface area contributed by atoms with Crippen molar-refractivity contribution in [3.05, 3.63) is 28.6 Å². The second-order valence-electron chi connectivity index (χ2n) is 6.21. The molecule has 8 heteroatoms. The van der Waals surface area contributed by atoms with Crippen LogP contribution < -0.4 is 15.8 Å². The van der Waals surface area contributed by atoms with E-state index in [2.05, 4.69) is 38.4 Å². The van der Waals surface area contributed by atoms with Crippen LogP contribution in [0.2, 0.25) is 0 Å². The fourth-order valence-corrected chi connectivity index (χ4v) is 3.48. The Balaban J connectivity index is 1.70. The van der Waals surface area contributed by atoms with Crippen LogP contribution in [0.15, 0.2) is 17.2 Å². The van der Waals surface area contributed by atoms with Gasteiger partial charge in [0.05, 0.1) is 0 Å². The zero-order chi connectivity index (χ0) is 16.4. The minimum atomic E-state index is -0.0499. The zero-order valence-corrected chi connectivity index (χ0v) is 14.5. The van der Waals surface area contributed by atoms with Crippen molar-refractivity contribution in [2.45, 2.75) is 38.6 Å². The smallest absolute Gasteiger partial charge is 0.293 e. The largest absolute Gasteiger partial charge is 0.356 e. The second kappa shape index (κ2) is 6.66. The first kappa shape index (κ1) is 15.9. The molecule has 23 heavy (non-hydrogen) atoms. The molecule has 0 amide bonds. The lowest BCUT2D eigenvalue weighted by atomic mass is 10.1. The number of aryl methyl sites for hydroxylation is 1. The molecule has 0 bridgehead atoms. The van der Waals surface area contributed by atoms with Crippen LogP contribution in [0.25, 0.3) is 0 Å². The Labute approximate surface area is 139 Å². The van der Waals surface area contributed by atoms with E-state index in [1.54, 1.807) is 24.0 Å². The molecule has 124 valence electrons. The molecule has 1 fully saturated rings. The Hall–Kier alpha value is -1.96. The molecule has 1 saturated heterocycles. The van der Waals surface area contributed by atoms with Crippen molar-refractivity contribution in [2.24, 2.45) is 7.05 Å². The summed E-state index contributed by atoms with van der Waals surface area (Å²) in [5.74, 6) is 1.74. The quantitative estimate of drug-likeness (QED) is 0.919. The Morgan fingerprint density at radius 3 is 3.00 bits per heavy atom. The third-order valence-electron chi connectivity index (χ3n) is 4.01. The highest BCUT2D eigenvalue weighted by molar-refractivity contribution is 7.09. The van der Waals surface area contributed by atoms with Crippen molar-refractivity contribution in [1.29, 1.82) is 0 Å². The van der Waals surface area contributed by atoms with Gasteiger partial charge in [0.15, 0.2) is 5.82 Å². The highest BCUT2D eigenvalue weighted by Gasteiger charge is 2.24. The molecule has 2 aromatic heterocycles. The van der Waals surface area contributed by atoms with Crippen molar-refractivity contribution in [2.75, 3.05) is 23.3 Å². The molecule has 1 aliphatic rings. The molecular weight excluding hydrogens is 312 g/mol. The number of hydrogen-bond donors (Lipinski definition) is 1. The van der Waals surface area contributed by atoms with Gasteiger partial charge in [0.1, 0.15) is 5.82 Å². The van der Waals surface area contributed by atoms with Crippen molar-refractivity contribution in [3.63, 3.8) is 0 Å². The highest BCUT2D eigenvalue weighted by Crippen LogP contribution is 2.21. The van der Waals surface area contributed by atoms with Gasteiger partial charge in [0.25, 0.3) is 5.56 Å². The average molecular weight is 334 g/mol. The average Bonchev–Trinajstić information content (AvgIpc) is 2.99. The van der Waals surface area contributed by atoms with E-state index < -0.39 is 0 Å². The molecular formula is C15H22N6OS. The molecule has 1 unspecified atom stereocenters. The maximum absolute atomic E-state index is 12.2. The fourth-order valence-electron chi connectivity index (χ4n) is 2.69. The predicted octanol–water partition coefficient (Wildman–Crippen LogP) is 1.84. The summed E-state index contributed by atoms with van der Waals surface area (Å²) in [4.78, 5) is 23.1. The Bertz CT molecular complexity index is 725. The van der Waals surface area contributed by atoms with E-state index in [4.69, 9.17) is 0 Å². The number of rotatable bonds is 4. The van der Waals surface area contributed by atoms with Crippen molar-refractivity contribution >= 4 is 22.5 Å². The molecule has 0 radical (unpaired) electrons. The van der Waals surface area contributed by atoms with Gasteiger partial charge in [-0.15, -0.1) is 0 Å². The van der Waals surface area contributed by atoms with Crippen LogP contribution in [-0.4, -0.2) is 38.0 Å². The molecule has 0 aliphatic carbocycles. The van der Waals surface area contributed by atoms with Crippen molar-refractivity contribution < 1.29 is 0 Å². The Kier molecular flexibility index (Phi) is 4.61. The normalized spacial score (nSPS) is 18.4. The summed E-state index contributed by atoms with van der Waals surface area (Å²) in [6, 6.07) is 0.253. The number of aromatic nitrogens is 4. The summed E-state index contributed by atoms with van der Waals surface area (Å²) in [5, 5.41) is 4.31. The molecule has 0 saturated carbocycles. The van der Waals surface area contributed by atoms with E-state index in [1.165, 1.54) is 11.5 Å². The number of nitrogens with one attached hydrogen (secondary N) is 1. The van der Waals surface area contributed by atoms with E-state index in [9.17, 15) is 4.79 Å². The SMILES string of the molecule is CC(C)c1nsc(NC2CCCN(c3nccn(C)c3=O)C2)n1. The predicted molar refractivity (Wildman–Crippen MR) is 92.3 cm³/mol. The molecule has 7 nitrogen and oxygen atoms in total. The second-order valence-corrected chi connectivity index (χ2v) is 6.96. The number of hydrogen-bond acceptors (Lipinski definition) is 7. The van der Waals surface area contributed by atoms with Gasteiger partial charge in [-0.25, -0.2) is 9.97 Å². The summed E-state index contributed by atoms with van der Waals surface area (Å²) < 4.78 is 5.94. The van der Waals surface area contributed by atoms with Crippen LogP contribution in [-0.2, 0) is 7.05 Å². The van der Waals surface area contributed by atoms with E-state index in [0.717, 1.165) is 36.9 Å². The van der Waals surface area contributed by atoms with Crippen LogP contribution in [0, 0.1) is 0 Å². The molecule has 2 aromatic rings. The van der Waals surface area contributed by atoms with Crippen molar-refractivity contribution in [3.8, 4) is 0 Å². The first-order valence-corrected chi connectivity index (χ1v) is 8.68. The minimum Gasteiger partial charge on any atom is -0.356 e. The van der Waals surface area contributed by atoms with E-state index in [1.807, 2.05) is 0 Å². The van der Waals surface area contributed by atoms with Gasteiger partial charge in [0.2, 0.25) is 5.13 Å². The summed E-state index contributed by atoms with van der Waals surface area (Å²) in [5.41, 5.74) is -0.0499. The molecule has 0 aromatic carbocycles. The number of piperidine rings is 1. The third kappa shape index (κ3) is 3.52. The van der Waals surface area contributed by atoms with Gasteiger partial charge >= 0.3 is 0 Å². The molecule has 3 rings (SSSR count).